The van der Waals surface area contributed by atoms with Crippen molar-refractivity contribution in [2.75, 3.05) is 6.61 Å². The SMILES string of the molecule is CCOC(=O)CC(=O)C1=CC(c2ccc(Cl)cc2)OC1=O. The van der Waals surface area contributed by atoms with Crippen molar-refractivity contribution >= 4 is 29.3 Å². The van der Waals surface area contributed by atoms with E-state index in [0.717, 1.165) is 0 Å². The lowest BCUT2D eigenvalue weighted by molar-refractivity contribution is -0.145. The van der Waals surface area contributed by atoms with Gasteiger partial charge in [-0.3, -0.25) is 9.59 Å². The fourth-order valence-corrected chi connectivity index (χ4v) is 2.02. The summed E-state index contributed by atoms with van der Waals surface area (Å²) in [5.41, 5.74) is 0.578. The molecule has 0 amide bonds. The molecule has 1 aliphatic rings. The van der Waals surface area contributed by atoms with E-state index >= 15 is 0 Å². The van der Waals surface area contributed by atoms with E-state index < -0.39 is 30.2 Å². The Morgan fingerprint density at radius 1 is 1.29 bits per heavy atom. The molecule has 0 aliphatic carbocycles. The number of esters is 2. The van der Waals surface area contributed by atoms with Crippen LogP contribution in [0.2, 0.25) is 5.02 Å². The van der Waals surface area contributed by atoms with Gasteiger partial charge in [-0.1, -0.05) is 23.7 Å². The zero-order chi connectivity index (χ0) is 15.4. The van der Waals surface area contributed by atoms with Gasteiger partial charge in [-0.2, -0.15) is 0 Å². The minimum atomic E-state index is -0.732. The molecule has 1 aromatic rings. The fourth-order valence-electron chi connectivity index (χ4n) is 1.89. The summed E-state index contributed by atoms with van der Waals surface area (Å²) in [5, 5.41) is 0.561. The molecule has 1 aromatic carbocycles. The molecule has 0 saturated carbocycles. The van der Waals surface area contributed by atoms with Crippen LogP contribution < -0.4 is 0 Å². The average Bonchev–Trinajstić information content (AvgIpc) is 2.82. The van der Waals surface area contributed by atoms with Crippen LogP contribution in [0.4, 0.5) is 0 Å². The molecule has 5 nitrogen and oxygen atoms in total. The summed E-state index contributed by atoms with van der Waals surface area (Å²) in [5.74, 6) is -2.00. The summed E-state index contributed by atoms with van der Waals surface area (Å²) < 4.78 is 9.79. The van der Waals surface area contributed by atoms with Gasteiger partial charge in [-0.15, -0.1) is 0 Å². The van der Waals surface area contributed by atoms with E-state index in [0.29, 0.717) is 10.6 Å². The van der Waals surface area contributed by atoms with Crippen molar-refractivity contribution in [1.29, 1.82) is 0 Å². The number of halogens is 1. The Kier molecular flexibility index (Phi) is 4.75. The van der Waals surface area contributed by atoms with Gasteiger partial charge < -0.3 is 9.47 Å². The van der Waals surface area contributed by atoms with E-state index in [2.05, 4.69) is 4.74 Å². The van der Waals surface area contributed by atoms with Crippen LogP contribution in [0.3, 0.4) is 0 Å². The minimum absolute atomic E-state index is 0.122. The first kappa shape index (κ1) is 15.3. The lowest BCUT2D eigenvalue weighted by atomic mass is 10.1. The minimum Gasteiger partial charge on any atom is -0.466 e. The van der Waals surface area contributed by atoms with E-state index in [9.17, 15) is 14.4 Å². The second-order valence-electron chi connectivity index (χ2n) is 4.36. The number of hydrogen-bond acceptors (Lipinski definition) is 5. The standard InChI is InChI=1S/C15H13ClO5/c1-2-20-14(18)8-12(17)11-7-13(21-15(11)19)9-3-5-10(16)6-4-9/h3-7,13H,2,8H2,1H3. The van der Waals surface area contributed by atoms with Gasteiger partial charge >= 0.3 is 11.9 Å². The summed E-state index contributed by atoms with van der Waals surface area (Å²) in [6.07, 6.45) is 0.297. The predicted molar refractivity (Wildman–Crippen MR) is 74.6 cm³/mol. The maximum atomic E-state index is 11.9. The van der Waals surface area contributed by atoms with Crippen molar-refractivity contribution in [1.82, 2.24) is 0 Å². The maximum absolute atomic E-state index is 11.9. The highest BCUT2D eigenvalue weighted by Crippen LogP contribution is 2.29. The molecule has 0 bridgehead atoms. The molecular weight excluding hydrogens is 296 g/mol. The van der Waals surface area contributed by atoms with Gasteiger partial charge in [0.1, 0.15) is 18.1 Å². The second kappa shape index (κ2) is 6.54. The monoisotopic (exact) mass is 308 g/mol. The molecule has 0 fully saturated rings. The first-order valence-electron chi connectivity index (χ1n) is 6.38. The fraction of sp³-hybridized carbons (Fsp3) is 0.267. The number of cyclic esters (lactones) is 1. The van der Waals surface area contributed by atoms with E-state index in [1.807, 2.05) is 0 Å². The van der Waals surface area contributed by atoms with Crippen LogP contribution in [-0.4, -0.2) is 24.3 Å². The third kappa shape index (κ3) is 3.70. The van der Waals surface area contributed by atoms with Crippen molar-refractivity contribution in [3.05, 3.63) is 46.5 Å². The highest BCUT2D eigenvalue weighted by atomic mass is 35.5. The number of Topliss-reactive ketones (excluding diaryl/α,β-unsaturated/α-hetero) is 1. The van der Waals surface area contributed by atoms with Crippen molar-refractivity contribution in [3.8, 4) is 0 Å². The van der Waals surface area contributed by atoms with Gasteiger partial charge in [0.15, 0.2) is 5.78 Å². The molecule has 21 heavy (non-hydrogen) atoms. The van der Waals surface area contributed by atoms with E-state index in [1.54, 1.807) is 31.2 Å². The molecule has 0 aromatic heterocycles. The Morgan fingerprint density at radius 2 is 1.95 bits per heavy atom. The van der Waals surface area contributed by atoms with Gasteiger partial charge in [0.05, 0.1) is 6.61 Å². The molecule has 110 valence electrons. The molecule has 1 heterocycles. The lowest BCUT2D eigenvalue weighted by Crippen LogP contribution is -2.16. The molecular formula is C15H13ClO5. The Hall–Kier alpha value is -2.14. The summed E-state index contributed by atoms with van der Waals surface area (Å²) in [6, 6.07) is 6.74. The van der Waals surface area contributed by atoms with Crippen LogP contribution in [0.1, 0.15) is 25.0 Å². The van der Waals surface area contributed by atoms with Crippen LogP contribution in [0.15, 0.2) is 35.9 Å². The van der Waals surface area contributed by atoms with Crippen LogP contribution in [0, 0.1) is 0 Å². The summed E-state index contributed by atoms with van der Waals surface area (Å²) in [4.78, 5) is 34.9. The second-order valence-corrected chi connectivity index (χ2v) is 4.80. The first-order chi connectivity index (χ1) is 10.0. The van der Waals surface area contributed by atoms with Crippen molar-refractivity contribution in [2.24, 2.45) is 0 Å². The molecule has 1 unspecified atom stereocenters. The van der Waals surface area contributed by atoms with Gasteiger partial charge in [-0.25, -0.2) is 4.79 Å². The van der Waals surface area contributed by atoms with Crippen molar-refractivity contribution in [2.45, 2.75) is 19.4 Å². The van der Waals surface area contributed by atoms with Gasteiger partial charge in [0.25, 0.3) is 0 Å². The number of benzene rings is 1. The Bertz CT molecular complexity index is 603. The lowest BCUT2D eigenvalue weighted by Gasteiger charge is -2.07. The van der Waals surface area contributed by atoms with E-state index in [1.165, 1.54) is 6.08 Å². The number of ether oxygens (including phenoxy) is 2. The van der Waals surface area contributed by atoms with Crippen LogP contribution in [0.25, 0.3) is 0 Å². The highest BCUT2D eigenvalue weighted by Gasteiger charge is 2.32. The Balaban J connectivity index is 2.11. The largest absolute Gasteiger partial charge is 0.466 e. The van der Waals surface area contributed by atoms with Gasteiger partial charge in [0, 0.05) is 5.02 Å². The Labute approximate surface area is 126 Å². The molecule has 2 rings (SSSR count). The predicted octanol–water partition coefficient (Wildman–Crippen LogP) is 2.39. The highest BCUT2D eigenvalue weighted by molar-refractivity contribution is 6.30. The summed E-state index contributed by atoms with van der Waals surface area (Å²) in [6.45, 7) is 1.82. The summed E-state index contributed by atoms with van der Waals surface area (Å²) >= 11 is 5.78. The molecule has 0 spiro atoms. The van der Waals surface area contributed by atoms with Gasteiger partial charge in [0.2, 0.25) is 0 Å². The number of rotatable bonds is 5. The smallest absolute Gasteiger partial charge is 0.342 e. The molecule has 0 saturated heterocycles. The maximum Gasteiger partial charge on any atom is 0.342 e. The van der Waals surface area contributed by atoms with Crippen LogP contribution >= 0.6 is 11.6 Å². The van der Waals surface area contributed by atoms with Gasteiger partial charge in [-0.05, 0) is 30.7 Å². The van der Waals surface area contributed by atoms with E-state index in [-0.39, 0.29) is 12.2 Å². The zero-order valence-corrected chi connectivity index (χ0v) is 12.1. The molecule has 0 radical (unpaired) electrons. The molecule has 1 aliphatic heterocycles. The number of carbonyl (C=O) groups excluding carboxylic acids is 3. The van der Waals surface area contributed by atoms with Crippen LogP contribution in [-0.2, 0) is 23.9 Å². The first-order valence-corrected chi connectivity index (χ1v) is 6.76. The normalized spacial score (nSPS) is 17.1. The number of hydrogen-bond donors (Lipinski definition) is 0. The number of ketones is 1. The quantitative estimate of drug-likeness (QED) is 0.474. The third-order valence-corrected chi connectivity index (χ3v) is 3.13. The topological polar surface area (TPSA) is 69.7 Å². The van der Waals surface area contributed by atoms with Crippen molar-refractivity contribution < 1.29 is 23.9 Å². The molecule has 1 atom stereocenters. The third-order valence-electron chi connectivity index (χ3n) is 2.88. The average molecular weight is 309 g/mol. The Morgan fingerprint density at radius 3 is 2.57 bits per heavy atom. The summed E-state index contributed by atoms with van der Waals surface area (Å²) in [7, 11) is 0. The van der Waals surface area contributed by atoms with Crippen molar-refractivity contribution in [3.63, 3.8) is 0 Å². The number of carbonyl (C=O) groups is 3. The van der Waals surface area contributed by atoms with E-state index in [4.69, 9.17) is 16.3 Å². The zero-order valence-electron chi connectivity index (χ0n) is 11.3. The molecule has 6 heteroatoms. The molecule has 0 N–H and O–H groups in total. The van der Waals surface area contributed by atoms with Crippen LogP contribution in [0.5, 0.6) is 0 Å².